The summed E-state index contributed by atoms with van der Waals surface area (Å²) in [6.07, 6.45) is 1.26. The van der Waals surface area contributed by atoms with Gasteiger partial charge in [0.25, 0.3) is 0 Å². The zero-order valence-electron chi connectivity index (χ0n) is 7.70. The Hall–Kier alpha value is -0.960. The van der Waals surface area contributed by atoms with Gasteiger partial charge in [-0.25, -0.2) is 9.00 Å². The number of hydrogen-bond donors (Lipinski definition) is 0. The molecule has 0 aliphatic carbocycles. The molecule has 0 saturated heterocycles. The summed E-state index contributed by atoms with van der Waals surface area (Å²) < 4.78 is 14.4. The summed E-state index contributed by atoms with van der Waals surface area (Å²) in [5.74, 6) is 0. The lowest BCUT2D eigenvalue weighted by Crippen LogP contribution is -1.90. The predicted octanol–water partition coefficient (Wildman–Crippen LogP) is 2.32. The second-order valence-electron chi connectivity index (χ2n) is 2.80. The standard InChI is InChI=1S/C9H8ClNO2S/c1-6-3-8(14(13)11-5-12)4-7(2)9(6)10/h3-4H,1-2H3. The zero-order valence-corrected chi connectivity index (χ0v) is 9.28. The molecule has 0 fully saturated rings. The van der Waals surface area contributed by atoms with Crippen LogP contribution in [0, 0.1) is 13.8 Å². The number of benzene rings is 1. The Morgan fingerprint density at radius 1 is 1.36 bits per heavy atom. The first-order chi connectivity index (χ1) is 6.56. The molecule has 5 heteroatoms. The van der Waals surface area contributed by atoms with Crippen LogP contribution in [0.4, 0.5) is 0 Å². The highest BCUT2D eigenvalue weighted by molar-refractivity contribution is 7.83. The highest BCUT2D eigenvalue weighted by Crippen LogP contribution is 2.23. The van der Waals surface area contributed by atoms with E-state index in [9.17, 15) is 9.00 Å². The summed E-state index contributed by atoms with van der Waals surface area (Å²) in [7, 11) is -1.67. The molecule has 0 aliphatic heterocycles. The zero-order chi connectivity index (χ0) is 10.7. The minimum absolute atomic E-state index is 0.466. The van der Waals surface area contributed by atoms with Crippen LogP contribution in [0.3, 0.4) is 0 Å². The summed E-state index contributed by atoms with van der Waals surface area (Å²) in [4.78, 5) is 10.4. The van der Waals surface area contributed by atoms with Crippen molar-refractivity contribution in [3.63, 3.8) is 0 Å². The van der Waals surface area contributed by atoms with Crippen LogP contribution in [0.5, 0.6) is 0 Å². The lowest BCUT2D eigenvalue weighted by molar-refractivity contribution is 0.566. The number of rotatable bonds is 2. The third-order valence-electron chi connectivity index (χ3n) is 1.73. The maximum absolute atomic E-state index is 11.3. The van der Waals surface area contributed by atoms with Crippen LogP contribution in [0.25, 0.3) is 0 Å². The average molecular weight is 230 g/mol. The van der Waals surface area contributed by atoms with Crippen LogP contribution in [0.1, 0.15) is 11.1 Å². The number of aryl methyl sites for hydroxylation is 2. The Morgan fingerprint density at radius 2 is 1.86 bits per heavy atom. The summed E-state index contributed by atoms with van der Waals surface area (Å²) in [6.45, 7) is 3.61. The highest BCUT2D eigenvalue weighted by Gasteiger charge is 2.07. The molecule has 0 heterocycles. The van der Waals surface area contributed by atoms with Gasteiger partial charge in [0.2, 0.25) is 6.08 Å². The highest BCUT2D eigenvalue weighted by atomic mass is 35.5. The lowest BCUT2D eigenvalue weighted by Gasteiger charge is -2.04. The lowest BCUT2D eigenvalue weighted by atomic mass is 10.2. The molecule has 0 N–H and O–H groups in total. The van der Waals surface area contributed by atoms with Crippen molar-refractivity contribution in [2.75, 3.05) is 0 Å². The van der Waals surface area contributed by atoms with Gasteiger partial charge in [-0.15, -0.1) is 0 Å². The van der Waals surface area contributed by atoms with Crippen molar-refractivity contribution in [2.45, 2.75) is 18.7 Å². The summed E-state index contributed by atoms with van der Waals surface area (Å²) >= 11 is 5.92. The second kappa shape index (κ2) is 4.51. The molecule has 14 heavy (non-hydrogen) atoms. The Labute approximate surface area is 89.4 Å². The van der Waals surface area contributed by atoms with Crippen LogP contribution in [0.15, 0.2) is 21.4 Å². The fourth-order valence-corrected chi connectivity index (χ4v) is 1.93. The molecule has 0 bridgehead atoms. The predicted molar refractivity (Wildman–Crippen MR) is 55.5 cm³/mol. The van der Waals surface area contributed by atoms with E-state index in [1.807, 2.05) is 0 Å². The molecule has 1 atom stereocenters. The topological polar surface area (TPSA) is 46.5 Å². The van der Waals surface area contributed by atoms with Gasteiger partial charge in [-0.05, 0) is 37.1 Å². The van der Waals surface area contributed by atoms with Gasteiger partial charge in [0.1, 0.15) is 0 Å². The maximum atomic E-state index is 11.3. The minimum atomic E-state index is -1.67. The minimum Gasteiger partial charge on any atom is -0.229 e. The molecule has 1 unspecified atom stereocenters. The quantitative estimate of drug-likeness (QED) is 0.577. The first-order valence-electron chi connectivity index (χ1n) is 3.82. The van der Waals surface area contributed by atoms with Crippen molar-refractivity contribution in [2.24, 2.45) is 4.40 Å². The van der Waals surface area contributed by atoms with Crippen molar-refractivity contribution in [3.8, 4) is 0 Å². The maximum Gasteiger partial charge on any atom is 0.250 e. The molecule has 0 radical (unpaired) electrons. The van der Waals surface area contributed by atoms with Crippen LogP contribution < -0.4 is 0 Å². The van der Waals surface area contributed by atoms with Crippen molar-refractivity contribution in [1.29, 1.82) is 0 Å². The first-order valence-corrected chi connectivity index (χ1v) is 5.31. The summed E-state index contributed by atoms with van der Waals surface area (Å²) in [5.41, 5.74) is 1.63. The van der Waals surface area contributed by atoms with E-state index in [1.165, 1.54) is 6.08 Å². The molecular weight excluding hydrogens is 222 g/mol. The third kappa shape index (κ3) is 2.29. The Bertz CT molecular complexity index is 415. The molecule has 0 saturated carbocycles. The second-order valence-corrected chi connectivity index (χ2v) is 4.33. The van der Waals surface area contributed by atoms with E-state index in [1.54, 1.807) is 26.0 Å². The molecular formula is C9H8ClNO2S. The number of hydrogen-bond acceptors (Lipinski definition) is 2. The van der Waals surface area contributed by atoms with Gasteiger partial charge in [0.05, 0.1) is 4.90 Å². The van der Waals surface area contributed by atoms with Crippen LogP contribution >= 0.6 is 11.6 Å². The van der Waals surface area contributed by atoms with Gasteiger partial charge in [-0.1, -0.05) is 16.0 Å². The first kappa shape index (κ1) is 11.1. The van der Waals surface area contributed by atoms with E-state index < -0.39 is 11.0 Å². The van der Waals surface area contributed by atoms with Gasteiger partial charge in [0, 0.05) is 5.02 Å². The number of isocyanates is 1. The van der Waals surface area contributed by atoms with Crippen LogP contribution in [-0.2, 0) is 15.8 Å². The fourth-order valence-electron chi connectivity index (χ4n) is 1.09. The van der Waals surface area contributed by atoms with E-state index in [0.717, 1.165) is 11.1 Å². The molecule has 0 amide bonds. The summed E-state index contributed by atoms with van der Waals surface area (Å²) in [5, 5.41) is 0.640. The van der Waals surface area contributed by atoms with Crippen molar-refractivity contribution < 1.29 is 9.00 Å². The van der Waals surface area contributed by atoms with E-state index in [-0.39, 0.29) is 0 Å². The number of carbonyl (C=O) groups excluding carboxylic acids is 1. The molecule has 0 spiro atoms. The third-order valence-corrected chi connectivity index (χ3v) is 3.21. The van der Waals surface area contributed by atoms with Gasteiger partial charge < -0.3 is 0 Å². The van der Waals surface area contributed by atoms with Crippen molar-refractivity contribution >= 4 is 28.7 Å². The molecule has 0 aromatic heterocycles. The average Bonchev–Trinajstić information content (AvgIpc) is 2.13. The van der Waals surface area contributed by atoms with Gasteiger partial charge >= 0.3 is 0 Å². The Balaban J connectivity index is 3.25. The molecule has 1 aromatic rings. The fraction of sp³-hybridized carbons (Fsp3) is 0.222. The molecule has 3 nitrogen and oxygen atoms in total. The van der Waals surface area contributed by atoms with Crippen molar-refractivity contribution in [3.05, 3.63) is 28.3 Å². The number of halogens is 1. The number of nitrogens with zero attached hydrogens (tertiary/aromatic N) is 1. The van der Waals surface area contributed by atoms with Gasteiger partial charge in [0.15, 0.2) is 11.0 Å². The van der Waals surface area contributed by atoms with Crippen LogP contribution in [-0.4, -0.2) is 10.3 Å². The largest absolute Gasteiger partial charge is 0.250 e. The van der Waals surface area contributed by atoms with E-state index in [0.29, 0.717) is 9.92 Å². The van der Waals surface area contributed by atoms with E-state index in [2.05, 4.69) is 4.40 Å². The van der Waals surface area contributed by atoms with Gasteiger partial charge in [-0.2, -0.15) is 0 Å². The monoisotopic (exact) mass is 229 g/mol. The summed E-state index contributed by atoms with van der Waals surface area (Å²) in [6, 6.07) is 3.29. The Kier molecular flexibility index (Phi) is 3.58. The van der Waals surface area contributed by atoms with Gasteiger partial charge in [-0.3, -0.25) is 0 Å². The normalized spacial score (nSPS) is 11.9. The molecule has 1 aromatic carbocycles. The molecule has 74 valence electrons. The molecule has 0 aliphatic rings. The van der Waals surface area contributed by atoms with E-state index >= 15 is 0 Å². The smallest absolute Gasteiger partial charge is 0.229 e. The van der Waals surface area contributed by atoms with Crippen molar-refractivity contribution in [1.82, 2.24) is 0 Å². The van der Waals surface area contributed by atoms with E-state index in [4.69, 9.17) is 11.6 Å². The Morgan fingerprint density at radius 3 is 2.29 bits per heavy atom. The van der Waals surface area contributed by atoms with Crippen LogP contribution in [0.2, 0.25) is 5.02 Å². The SMILES string of the molecule is Cc1cc(S(=O)N=C=O)cc(C)c1Cl. The molecule has 1 rings (SSSR count).